The number of amides is 2. The third-order valence-electron chi connectivity index (χ3n) is 5.19. The van der Waals surface area contributed by atoms with Crippen LogP contribution in [0.1, 0.15) is 37.5 Å². The first-order valence-corrected chi connectivity index (χ1v) is 10.4. The summed E-state index contributed by atoms with van der Waals surface area (Å²) in [5, 5.41) is 5.58. The van der Waals surface area contributed by atoms with Crippen LogP contribution >= 0.6 is 0 Å². The Kier molecular flexibility index (Phi) is 6.31. The van der Waals surface area contributed by atoms with Crippen LogP contribution in [0.3, 0.4) is 0 Å². The number of imidazole rings is 1. The molecule has 4 aromatic rings. The number of hydrogen-bond acceptors (Lipinski definition) is 3. The van der Waals surface area contributed by atoms with Crippen LogP contribution in [0.15, 0.2) is 79.3 Å². The molecule has 3 aromatic carbocycles. The number of aromatic nitrogens is 2. The minimum atomic E-state index is -0.566. The fourth-order valence-corrected chi connectivity index (χ4v) is 3.45. The third-order valence-corrected chi connectivity index (χ3v) is 5.19. The molecule has 0 saturated carbocycles. The lowest BCUT2D eigenvalue weighted by Crippen LogP contribution is -2.13. The van der Waals surface area contributed by atoms with Gasteiger partial charge in [-0.25, -0.2) is 9.37 Å². The number of nitrogens with one attached hydrogen (secondary N) is 2. The summed E-state index contributed by atoms with van der Waals surface area (Å²) in [6, 6.07) is 18.9. The molecule has 0 radical (unpaired) electrons. The fourth-order valence-electron chi connectivity index (χ4n) is 3.45. The molecular weight excluding hydrogens is 419 g/mol. The summed E-state index contributed by atoms with van der Waals surface area (Å²) in [6.07, 6.45) is 3.29. The number of rotatable bonds is 6. The van der Waals surface area contributed by atoms with Crippen LogP contribution < -0.4 is 10.6 Å². The highest BCUT2D eigenvalue weighted by atomic mass is 19.1. The lowest BCUT2D eigenvalue weighted by molar-refractivity contribution is 0.101. The van der Waals surface area contributed by atoms with E-state index in [1.165, 1.54) is 18.2 Å². The number of nitrogens with zero attached hydrogens (tertiary/aromatic N) is 2. The van der Waals surface area contributed by atoms with Gasteiger partial charge in [-0.1, -0.05) is 42.0 Å². The number of anilines is 2. The summed E-state index contributed by atoms with van der Waals surface area (Å²) in [6.45, 7) is 4.46. The average molecular weight is 442 g/mol. The van der Waals surface area contributed by atoms with E-state index in [0.717, 1.165) is 22.4 Å². The maximum Gasteiger partial charge on any atom is 0.275 e. The molecule has 0 bridgehead atoms. The van der Waals surface area contributed by atoms with Crippen molar-refractivity contribution in [3.8, 4) is 0 Å². The molecule has 0 aliphatic heterocycles. The first-order valence-electron chi connectivity index (χ1n) is 10.4. The van der Waals surface area contributed by atoms with Crippen LogP contribution in [-0.2, 0) is 6.54 Å². The third kappa shape index (κ3) is 5.33. The zero-order chi connectivity index (χ0) is 23.4. The van der Waals surface area contributed by atoms with Gasteiger partial charge in [0.2, 0.25) is 0 Å². The average Bonchev–Trinajstić information content (AvgIpc) is 3.26. The van der Waals surface area contributed by atoms with Gasteiger partial charge < -0.3 is 15.2 Å². The van der Waals surface area contributed by atoms with Gasteiger partial charge in [-0.05, 0) is 55.3 Å². The Labute approximate surface area is 191 Å². The molecule has 0 atom stereocenters. The highest BCUT2D eigenvalue weighted by Gasteiger charge is 2.12. The molecule has 0 fully saturated rings. The van der Waals surface area contributed by atoms with Crippen LogP contribution in [0.25, 0.3) is 0 Å². The van der Waals surface area contributed by atoms with Gasteiger partial charge in [-0.3, -0.25) is 9.59 Å². The summed E-state index contributed by atoms with van der Waals surface area (Å²) in [4.78, 5) is 29.0. The SMILES string of the molecule is Cc1ccc(NC(=O)c2cn(Cc3ccc(NC(=O)c4ccccc4F)cc3)cn2)c(C)c1. The van der Waals surface area contributed by atoms with E-state index in [4.69, 9.17) is 0 Å². The molecule has 1 heterocycles. The molecule has 6 nitrogen and oxygen atoms in total. The van der Waals surface area contributed by atoms with Gasteiger partial charge in [0.05, 0.1) is 11.9 Å². The Bertz CT molecular complexity index is 1310. The zero-order valence-electron chi connectivity index (χ0n) is 18.3. The van der Waals surface area contributed by atoms with Gasteiger partial charge in [0, 0.05) is 24.1 Å². The van der Waals surface area contributed by atoms with E-state index in [2.05, 4.69) is 15.6 Å². The first-order chi connectivity index (χ1) is 15.9. The molecule has 2 N–H and O–H groups in total. The minimum Gasteiger partial charge on any atom is -0.332 e. The topological polar surface area (TPSA) is 76.0 Å². The lowest BCUT2D eigenvalue weighted by atomic mass is 10.1. The highest BCUT2D eigenvalue weighted by Crippen LogP contribution is 2.17. The molecule has 33 heavy (non-hydrogen) atoms. The van der Waals surface area contributed by atoms with Gasteiger partial charge in [0.15, 0.2) is 0 Å². The molecule has 0 aliphatic rings. The molecule has 166 valence electrons. The van der Waals surface area contributed by atoms with Gasteiger partial charge >= 0.3 is 0 Å². The Hall–Kier alpha value is -4.26. The smallest absolute Gasteiger partial charge is 0.275 e. The molecule has 0 aliphatic carbocycles. The Morgan fingerprint density at radius 1 is 0.939 bits per heavy atom. The maximum absolute atomic E-state index is 13.8. The standard InChI is InChI=1S/C26H23FN4O2/c1-17-7-12-23(18(2)13-17)30-26(33)24-15-31(16-28-24)14-19-8-10-20(11-9-19)29-25(32)21-5-3-4-6-22(21)27/h3-13,15-16H,14H2,1-2H3,(H,29,32)(H,30,33). The van der Waals surface area contributed by atoms with Crippen molar-refractivity contribution in [1.82, 2.24) is 9.55 Å². The Morgan fingerprint density at radius 3 is 2.42 bits per heavy atom. The second-order valence-electron chi connectivity index (χ2n) is 7.83. The molecule has 0 spiro atoms. The van der Waals surface area contributed by atoms with E-state index in [1.54, 1.807) is 30.7 Å². The van der Waals surface area contributed by atoms with Gasteiger partial charge in [0.25, 0.3) is 11.8 Å². The zero-order valence-corrected chi connectivity index (χ0v) is 18.3. The first kappa shape index (κ1) is 22.0. The molecule has 0 unspecified atom stereocenters. The van der Waals surface area contributed by atoms with E-state index >= 15 is 0 Å². The number of benzene rings is 3. The van der Waals surface area contributed by atoms with Gasteiger partial charge in [0.1, 0.15) is 11.5 Å². The molecule has 1 aromatic heterocycles. The van der Waals surface area contributed by atoms with Crippen molar-refractivity contribution in [3.05, 3.63) is 113 Å². The van der Waals surface area contributed by atoms with Crippen LogP contribution in [0, 0.1) is 19.7 Å². The summed E-state index contributed by atoms with van der Waals surface area (Å²) in [5.74, 6) is -1.34. The van der Waals surface area contributed by atoms with Crippen molar-refractivity contribution in [2.45, 2.75) is 20.4 Å². The molecule has 4 rings (SSSR count). The number of aryl methyl sites for hydroxylation is 2. The Morgan fingerprint density at radius 2 is 1.70 bits per heavy atom. The van der Waals surface area contributed by atoms with Crippen LogP contribution in [0.4, 0.5) is 15.8 Å². The number of hydrogen-bond donors (Lipinski definition) is 2. The number of carbonyl (C=O) groups is 2. The quantitative estimate of drug-likeness (QED) is 0.431. The summed E-state index contributed by atoms with van der Waals surface area (Å²) >= 11 is 0. The monoisotopic (exact) mass is 442 g/mol. The van der Waals surface area contributed by atoms with Crippen molar-refractivity contribution >= 4 is 23.2 Å². The second kappa shape index (κ2) is 9.48. The maximum atomic E-state index is 13.8. The molecule has 7 heteroatoms. The Balaban J connectivity index is 1.37. The fraction of sp³-hybridized carbons (Fsp3) is 0.115. The highest BCUT2D eigenvalue weighted by molar-refractivity contribution is 6.04. The molecular formula is C26H23FN4O2. The van der Waals surface area contributed by atoms with E-state index < -0.39 is 11.7 Å². The van der Waals surface area contributed by atoms with Crippen molar-refractivity contribution in [2.24, 2.45) is 0 Å². The van der Waals surface area contributed by atoms with E-state index in [1.807, 2.05) is 48.7 Å². The minimum absolute atomic E-state index is 0.00775. The lowest BCUT2D eigenvalue weighted by Gasteiger charge is -2.08. The number of halogens is 1. The van der Waals surface area contributed by atoms with Crippen molar-refractivity contribution in [2.75, 3.05) is 10.6 Å². The normalized spacial score (nSPS) is 10.6. The number of carbonyl (C=O) groups excluding carboxylic acids is 2. The van der Waals surface area contributed by atoms with E-state index in [0.29, 0.717) is 17.9 Å². The summed E-state index contributed by atoms with van der Waals surface area (Å²) < 4.78 is 15.6. The molecule has 2 amide bonds. The van der Waals surface area contributed by atoms with Crippen LogP contribution in [0.5, 0.6) is 0 Å². The molecule has 0 saturated heterocycles. The van der Waals surface area contributed by atoms with E-state index in [-0.39, 0.29) is 11.5 Å². The summed E-state index contributed by atoms with van der Waals surface area (Å²) in [5.41, 5.74) is 4.71. The van der Waals surface area contributed by atoms with E-state index in [9.17, 15) is 14.0 Å². The van der Waals surface area contributed by atoms with Gasteiger partial charge in [-0.15, -0.1) is 0 Å². The van der Waals surface area contributed by atoms with Crippen LogP contribution in [-0.4, -0.2) is 21.4 Å². The second-order valence-corrected chi connectivity index (χ2v) is 7.83. The van der Waals surface area contributed by atoms with Crippen molar-refractivity contribution in [1.29, 1.82) is 0 Å². The largest absolute Gasteiger partial charge is 0.332 e. The van der Waals surface area contributed by atoms with Crippen molar-refractivity contribution in [3.63, 3.8) is 0 Å². The predicted octanol–water partition coefficient (Wildman–Crippen LogP) is 5.19. The van der Waals surface area contributed by atoms with Crippen molar-refractivity contribution < 1.29 is 14.0 Å². The van der Waals surface area contributed by atoms with Gasteiger partial charge in [-0.2, -0.15) is 0 Å². The summed E-state index contributed by atoms with van der Waals surface area (Å²) in [7, 11) is 0. The predicted molar refractivity (Wildman–Crippen MR) is 126 cm³/mol. The van der Waals surface area contributed by atoms with Crippen LogP contribution in [0.2, 0.25) is 0 Å².